The SMILES string of the molecule is O=C(COC(c1ccccc1)c1ccccc1)Nc1cc2c(cc1Cl)OCCCO2. The predicted octanol–water partition coefficient (Wildman–Crippen LogP) is 5.25. The van der Waals surface area contributed by atoms with E-state index in [0.717, 1.165) is 17.5 Å². The number of fused-ring (bicyclic) bond motifs is 1. The van der Waals surface area contributed by atoms with Crippen molar-refractivity contribution in [1.82, 2.24) is 0 Å². The van der Waals surface area contributed by atoms with Crippen LogP contribution in [0.4, 0.5) is 5.69 Å². The Morgan fingerprint density at radius 2 is 1.50 bits per heavy atom. The highest BCUT2D eigenvalue weighted by molar-refractivity contribution is 6.34. The van der Waals surface area contributed by atoms with Crippen LogP contribution in [0.1, 0.15) is 23.7 Å². The van der Waals surface area contributed by atoms with Gasteiger partial charge in [-0.2, -0.15) is 0 Å². The zero-order chi connectivity index (χ0) is 20.8. The molecule has 1 aliphatic rings. The van der Waals surface area contributed by atoms with E-state index in [4.69, 9.17) is 25.8 Å². The van der Waals surface area contributed by atoms with Gasteiger partial charge in [0.15, 0.2) is 11.5 Å². The molecule has 0 unspecified atom stereocenters. The lowest BCUT2D eigenvalue weighted by molar-refractivity contribution is -0.121. The number of rotatable bonds is 6. The zero-order valence-corrected chi connectivity index (χ0v) is 17.1. The Morgan fingerprint density at radius 1 is 0.933 bits per heavy atom. The van der Waals surface area contributed by atoms with Crippen LogP contribution in [0.5, 0.6) is 11.5 Å². The van der Waals surface area contributed by atoms with Crippen LogP contribution in [0.15, 0.2) is 72.8 Å². The maximum atomic E-state index is 12.6. The number of hydrogen-bond acceptors (Lipinski definition) is 4. The monoisotopic (exact) mass is 423 g/mol. The number of benzene rings is 3. The van der Waals surface area contributed by atoms with Gasteiger partial charge in [-0.25, -0.2) is 0 Å². The van der Waals surface area contributed by atoms with E-state index >= 15 is 0 Å². The van der Waals surface area contributed by atoms with E-state index in [-0.39, 0.29) is 18.6 Å². The summed E-state index contributed by atoms with van der Waals surface area (Å²) in [6.07, 6.45) is 0.444. The van der Waals surface area contributed by atoms with Crippen molar-refractivity contribution in [2.75, 3.05) is 25.1 Å². The second-order valence-electron chi connectivity index (χ2n) is 6.89. The first-order valence-electron chi connectivity index (χ1n) is 9.81. The quantitative estimate of drug-likeness (QED) is 0.588. The molecule has 1 aliphatic heterocycles. The molecule has 1 heterocycles. The lowest BCUT2D eigenvalue weighted by Gasteiger charge is -2.19. The van der Waals surface area contributed by atoms with Gasteiger partial charge >= 0.3 is 0 Å². The van der Waals surface area contributed by atoms with Crippen molar-refractivity contribution < 1.29 is 19.0 Å². The summed E-state index contributed by atoms with van der Waals surface area (Å²) in [6.45, 7) is 1.00. The van der Waals surface area contributed by atoms with E-state index in [1.807, 2.05) is 60.7 Å². The number of hydrogen-bond donors (Lipinski definition) is 1. The molecular weight excluding hydrogens is 402 g/mol. The molecule has 3 aromatic rings. The van der Waals surface area contributed by atoms with Crippen LogP contribution >= 0.6 is 11.6 Å². The van der Waals surface area contributed by atoms with Crippen molar-refractivity contribution in [3.05, 3.63) is 88.9 Å². The molecular formula is C24H22ClNO4. The molecule has 6 heteroatoms. The van der Waals surface area contributed by atoms with Crippen molar-refractivity contribution in [2.24, 2.45) is 0 Å². The van der Waals surface area contributed by atoms with Crippen molar-refractivity contribution in [3.8, 4) is 11.5 Å². The molecule has 0 saturated carbocycles. The molecule has 0 aliphatic carbocycles. The Hall–Kier alpha value is -3.02. The largest absolute Gasteiger partial charge is 0.490 e. The van der Waals surface area contributed by atoms with Crippen LogP contribution in [-0.2, 0) is 9.53 Å². The molecule has 154 valence electrons. The Bertz CT molecular complexity index is 955. The second-order valence-corrected chi connectivity index (χ2v) is 7.30. The summed E-state index contributed by atoms with van der Waals surface area (Å²) < 4.78 is 17.3. The minimum absolute atomic E-state index is 0.126. The van der Waals surface area contributed by atoms with E-state index in [2.05, 4.69) is 5.32 Å². The van der Waals surface area contributed by atoms with Crippen LogP contribution < -0.4 is 14.8 Å². The Labute approximate surface area is 180 Å². The molecule has 0 saturated heterocycles. The fourth-order valence-electron chi connectivity index (χ4n) is 3.27. The molecule has 0 bridgehead atoms. The van der Waals surface area contributed by atoms with E-state index < -0.39 is 0 Å². The third-order valence-electron chi connectivity index (χ3n) is 4.70. The van der Waals surface area contributed by atoms with Gasteiger partial charge in [-0.15, -0.1) is 0 Å². The highest BCUT2D eigenvalue weighted by Crippen LogP contribution is 2.37. The van der Waals surface area contributed by atoms with Gasteiger partial charge in [0.1, 0.15) is 12.7 Å². The molecule has 4 rings (SSSR count). The maximum absolute atomic E-state index is 12.6. The Morgan fingerprint density at radius 3 is 2.10 bits per heavy atom. The number of ether oxygens (including phenoxy) is 3. The predicted molar refractivity (Wildman–Crippen MR) is 116 cm³/mol. The van der Waals surface area contributed by atoms with Crippen LogP contribution in [0, 0.1) is 0 Å². The molecule has 1 N–H and O–H groups in total. The lowest BCUT2D eigenvalue weighted by Crippen LogP contribution is -2.21. The normalized spacial score (nSPS) is 13.0. The van der Waals surface area contributed by atoms with Crippen molar-refractivity contribution in [1.29, 1.82) is 0 Å². The summed E-state index contributed by atoms with van der Waals surface area (Å²) in [5.74, 6) is 0.850. The Kier molecular flexibility index (Phi) is 6.52. The van der Waals surface area contributed by atoms with E-state index in [9.17, 15) is 4.79 Å². The highest BCUT2D eigenvalue weighted by atomic mass is 35.5. The van der Waals surface area contributed by atoms with Crippen molar-refractivity contribution in [2.45, 2.75) is 12.5 Å². The molecule has 0 spiro atoms. The molecule has 0 atom stereocenters. The highest BCUT2D eigenvalue weighted by Gasteiger charge is 2.18. The number of halogens is 1. The van der Waals surface area contributed by atoms with Gasteiger partial charge in [0.25, 0.3) is 0 Å². The fraction of sp³-hybridized carbons (Fsp3) is 0.208. The molecule has 3 aromatic carbocycles. The standard InChI is InChI=1S/C24H22ClNO4/c25-19-14-21-22(29-13-7-12-28-21)15-20(19)26-23(27)16-30-24(17-8-3-1-4-9-17)18-10-5-2-6-11-18/h1-6,8-11,14-15,24H,7,12-13,16H2,(H,26,27). The number of carbonyl (C=O) groups is 1. The third kappa shape index (κ3) is 4.93. The minimum atomic E-state index is -0.350. The van der Waals surface area contributed by atoms with E-state index in [1.165, 1.54) is 0 Å². The maximum Gasteiger partial charge on any atom is 0.250 e. The average Bonchev–Trinajstić information content (AvgIpc) is 3.00. The van der Waals surface area contributed by atoms with E-state index in [0.29, 0.717) is 35.4 Å². The number of nitrogens with one attached hydrogen (secondary N) is 1. The molecule has 0 aromatic heterocycles. The van der Waals surface area contributed by atoms with Crippen LogP contribution in [0.2, 0.25) is 5.02 Å². The smallest absolute Gasteiger partial charge is 0.250 e. The van der Waals surface area contributed by atoms with Crippen molar-refractivity contribution in [3.63, 3.8) is 0 Å². The van der Waals surface area contributed by atoms with E-state index in [1.54, 1.807) is 12.1 Å². The summed E-state index contributed by atoms with van der Waals surface area (Å²) in [5.41, 5.74) is 2.42. The number of anilines is 1. The van der Waals surface area contributed by atoms with Gasteiger partial charge in [0.05, 0.1) is 23.9 Å². The van der Waals surface area contributed by atoms with Crippen molar-refractivity contribution >= 4 is 23.2 Å². The number of amides is 1. The fourth-order valence-corrected chi connectivity index (χ4v) is 3.47. The average molecular weight is 424 g/mol. The van der Waals surface area contributed by atoms with Gasteiger partial charge < -0.3 is 19.5 Å². The van der Waals surface area contributed by atoms with Gasteiger partial charge in [0, 0.05) is 18.6 Å². The first-order chi connectivity index (χ1) is 14.7. The first kappa shape index (κ1) is 20.3. The molecule has 1 amide bonds. The summed E-state index contributed by atoms with van der Waals surface area (Å²) in [7, 11) is 0. The summed E-state index contributed by atoms with van der Waals surface area (Å²) >= 11 is 6.32. The summed E-state index contributed by atoms with van der Waals surface area (Å²) in [4.78, 5) is 12.6. The minimum Gasteiger partial charge on any atom is -0.490 e. The van der Waals surface area contributed by atoms with Gasteiger partial charge in [-0.05, 0) is 11.1 Å². The van der Waals surface area contributed by atoms with Gasteiger partial charge in [-0.1, -0.05) is 72.3 Å². The summed E-state index contributed by atoms with van der Waals surface area (Å²) in [6, 6.07) is 23.0. The molecule has 0 fully saturated rings. The zero-order valence-electron chi connectivity index (χ0n) is 16.3. The first-order valence-corrected chi connectivity index (χ1v) is 10.2. The number of carbonyl (C=O) groups excluding carboxylic acids is 1. The van der Waals surface area contributed by atoms with Crippen LogP contribution in [-0.4, -0.2) is 25.7 Å². The lowest BCUT2D eigenvalue weighted by atomic mass is 10.0. The third-order valence-corrected chi connectivity index (χ3v) is 5.01. The topological polar surface area (TPSA) is 56.8 Å². The molecule has 30 heavy (non-hydrogen) atoms. The second kappa shape index (κ2) is 9.65. The summed E-state index contributed by atoms with van der Waals surface area (Å²) in [5, 5.41) is 3.19. The molecule has 0 radical (unpaired) electrons. The van der Waals surface area contributed by atoms with Crippen LogP contribution in [0.3, 0.4) is 0 Å². The van der Waals surface area contributed by atoms with Crippen LogP contribution in [0.25, 0.3) is 0 Å². The van der Waals surface area contributed by atoms with Gasteiger partial charge in [-0.3, -0.25) is 4.79 Å². The Balaban J connectivity index is 1.46. The van der Waals surface area contributed by atoms with Gasteiger partial charge in [0.2, 0.25) is 5.91 Å². The molecule has 5 nitrogen and oxygen atoms in total.